The number of hydrogen-bond acceptors (Lipinski definition) is 3. The highest BCUT2D eigenvalue weighted by atomic mass is 32.2. The van der Waals surface area contributed by atoms with Gasteiger partial charge in [0.15, 0.2) is 0 Å². The van der Waals surface area contributed by atoms with Crippen molar-refractivity contribution in [3.63, 3.8) is 0 Å². The number of aromatic nitrogens is 1. The van der Waals surface area contributed by atoms with Gasteiger partial charge in [-0.25, -0.2) is 0 Å². The quantitative estimate of drug-likeness (QED) is 0.586. The van der Waals surface area contributed by atoms with Crippen LogP contribution in [0.2, 0.25) is 0 Å². The smallest absolute Gasteiger partial charge is 0.102 e. The molecular weight excluding hydrogens is 278 g/mol. The van der Waals surface area contributed by atoms with Crippen LogP contribution >= 0.6 is 11.8 Å². The molecule has 2 N–H and O–H groups in total. The highest BCUT2D eigenvalue weighted by molar-refractivity contribution is 7.98. The lowest BCUT2D eigenvalue weighted by Crippen LogP contribution is -1.89. The minimum Gasteiger partial charge on any atom is -0.399 e. The first-order valence-corrected chi connectivity index (χ1v) is 7.65. The van der Waals surface area contributed by atoms with Crippen molar-refractivity contribution in [3.05, 3.63) is 65.5 Å². The molecule has 1 aromatic carbocycles. The summed E-state index contributed by atoms with van der Waals surface area (Å²) < 4.78 is 2.00. The summed E-state index contributed by atoms with van der Waals surface area (Å²) in [7, 11) is 0. The summed E-state index contributed by atoms with van der Waals surface area (Å²) in [6, 6.07) is 14.3. The molecule has 0 atom stereocenters. The number of anilines is 1. The number of nitrogens with zero attached hydrogens (tertiary/aromatic N) is 2. The second-order valence-corrected chi connectivity index (χ2v) is 5.99. The average molecular weight is 293 g/mol. The maximum atomic E-state index is 9.39. The second-order valence-electron chi connectivity index (χ2n) is 4.94. The summed E-state index contributed by atoms with van der Waals surface area (Å²) in [5.41, 5.74) is 10.5. The number of rotatable bonds is 3. The third-order valence-electron chi connectivity index (χ3n) is 3.51. The van der Waals surface area contributed by atoms with E-state index in [1.54, 1.807) is 11.8 Å². The number of aryl methyl sites for hydroxylation is 1. The van der Waals surface area contributed by atoms with Gasteiger partial charge < -0.3 is 10.1 Å². The van der Waals surface area contributed by atoms with Crippen LogP contribution in [0, 0.1) is 18.3 Å². The van der Waals surface area contributed by atoms with Gasteiger partial charge in [0.05, 0.1) is 11.1 Å². The lowest BCUT2D eigenvalue weighted by Gasteiger charge is -2.04. The van der Waals surface area contributed by atoms with E-state index < -0.39 is 0 Å². The molecule has 0 spiro atoms. The average Bonchev–Trinajstić information content (AvgIpc) is 2.86. The van der Waals surface area contributed by atoms with E-state index in [-0.39, 0.29) is 0 Å². The van der Waals surface area contributed by atoms with Gasteiger partial charge in [-0.2, -0.15) is 5.26 Å². The first kappa shape index (κ1) is 13.6. The highest BCUT2D eigenvalue weighted by Gasteiger charge is 2.10. The molecule has 3 rings (SSSR count). The second kappa shape index (κ2) is 5.55. The van der Waals surface area contributed by atoms with Crippen LogP contribution in [0.4, 0.5) is 5.69 Å². The first-order valence-electron chi connectivity index (χ1n) is 6.66. The number of thioether (sulfide) groups is 1. The molecule has 0 amide bonds. The number of hydrogen-bond donors (Lipinski definition) is 1. The number of nitrogen functional groups attached to an aromatic ring is 1. The van der Waals surface area contributed by atoms with E-state index in [1.165, 1.54) is 4.90 Å². The van der Waals surface area contributed by atoms with Gasteiger partial charge in [0.2, 0.25) is 0 Å². The third-order valence-corrected chi connectivity index (χ3v) is 4.55. The summed E-state index contributed by atoms with van der Waals surface area (Å²) >= 11 is 1.72. The summed E-state index contributed by atoms with van der Waals surface area (Å²) in [5.74, 6) is 0.772. The van der Waals surface area contributed by atoms with Crippen molar-refractivity contribution >= 4 is 23.0 Å². The Kier molecular flexibility index (Phi) is 3.59. The lowest BCUT2D eigenvalue weighted by atomic mass is 10.2. The maximum Gasteiger partial charge on any atom is 0.102 e. The molecule has 0 aliphatic heterocycles. The van der Waals surface area contributed by atoms with Crippen molar-refractivity contribution in [2.45, 2.75) is 17.6 Å². The van der Waals surface area contributed by atoms with Crippen molar-refractivity contribution in [3.8, 4) is 6.07 Å². The molecule has 21 heavy (non-hydrogen) atoms. The third kappa shape index (κ3) is 2.61. The van der Waals surface area contributed by atoms with E-state index in [0.29, 0.717) is 0 Å². The van der Waals surface area contributed by atoms with Crippen molar-refractivity contribution < 1.29 is 0 Å². The van der Waals surface area contributed by atoms with E-state index in [0.717, 1.165) is 33.6 Å². The highest BCUT2D eigenvalue weighted by Crippen LogP contribution is 2.28. The van der Waals surface area contributed by atoms with Crippen molar-refractivity contribution in [1.82, 2.24) is 4.40 Å². The molecule has 0 aliphatic rings. The molecule has 3 aromatic rings. The number of nitrogens with two attached hydrogens (primary N) is 1. The SMILES string of the molecule is Cc1cc(SCc2cn3ccccc3c2C#N)ccc1N. The number of nitriles is 1. The van der Waals surface area contributed by atoms with Crippen LogP contribution in [0.5, 0.6) is 0 Å². The maximum absolute atomic E-state index is 9.39. The largest absolute Gasteiger partial charge is 0.399 e. The van der Waals surface area contributed by atoms with Gasteiger partial charge in [0.1, 0.15) is 6.07 Å². The van der Waals surface area contributed by atoms with Crippen LogP contribution in [-0.4, -0.2) is 4.40 Å². The molecule has 0 fully saturated rings. The Labute approximate surface area is 128 Å². The van der Waals surface area contributed by atoms with Crippen LogP contribution < -0.4 is 5.73 Å². The summed E-state index contributed by atoms with van der Waals surface area (Å²) in [6.07, 6.45) is 4.00. The van der Waals surface area contributed by atoms with E-state index in [4.69, 9.17) is 5.73 Å². The zero-order valence-corrected chi connectivity index (χ0v) is 12.5. The molecule has 0 unspecified atom stereocenters. The van der Waals surface area contributed by atoms with E-state index in [9.17, 15) is 5.26 Å². The Bertz CT molecular complexity index is 843. The Morgan fingerprint density at radius 1 is 1.29 bits per heavy atom. The topological polar surface area (TPSA) is 54.2 Å². The van der Waals surface area contributed by atoms with Gasteiger partial charge in [-0.15, -0.1) is 11.8 Å². The molecular formula is C17H15N3S. The van der Waals surface area contributed by atoms with Crippen LogP contribution in [0.1, 0.15) is 16.7 Å². The minimum atomic E-state index is 0.760. The monoisotopic (exact) mass is 293 g/mol. The molecule has 104 valence electrons. The molecule has 3 nitrogen and oxygen atoms in total. The number of pyridine rings is 1. The van der Waals surface area contributed by atoms with Gasteiger partial charge in [-0.3, -0.25) is 0 Å². The van der Waals surface area contributed by atoms with Gasteiger partial charge in [0, 0.05) is 28.7 Å². The molecule has 2 heterocycles. The van der Waals surface area contributed by atoms with Crippen molar-refractivity contribution in [2.24, 2.45) is 0 Å². The number of fused-ring (bicyclic) bond motifs is 1. The van der Waals surface area contributed by atoms with Gasteiger partial charge in [-0.1, -0.05) is 6.07 Å². The molecule has 0 saturated carbocycles. The van der Waals surface area contributed by atoms with Gasteiger partial charge >= 0.3 is 0 Å². The summed E-state index contributed by atoms with van der Waals surface area (Å²) in [4.78, 5) is 1.17. The first-order chi connectivity index (χ1) is 10.2. The molecule has 0 radical (unpaired) electrons. The molecule has 2 aromatic heterocycles. The zero-order valence-electron chi connectivity index (χ0n) is 11.7. The zero-order chi connectivity index (χ0) is 14.8. The Hall–Kier alpha value is -2.38. The Morgan fingerprint density at radius 2 is 2.14 bits per heavy atom. The lowest BCUT2D eigenvalue weighted by molar-refractivity contribution is 1.18. The summed E-state index contributed by atoms with van der Waals surface area (Å²) in [6.45, 7) is 2.01. The summed E-state index contributed by atoms with van der Waals surface area (Å²) in [5, 5.41) is 9.39. The predicted octanol–water partition coefficient (Wildman–Crippen LogP) is 3.99. The number of benzene rings is 1. The van der Waals surface area contributed by atoms with Crippen molar-refractivity contribution in [1.29, 1.82) is 5.26 Å². The fraction of sp³-hybridized carbons (Fsp3) is 0.118. The van der Waals surface area contributed by atoms with E-state index in [2.05, 4.69) is 12.1 Å². The van der Waals surface area contributed by atoms with Gasteiger partial charge in [-0.05, 0) is 48.4 Å². The normalized spacial score (nSPS) is 10.7. The van der Waals surface area contributed by atoms with Crippen LogP contribution in [0.3, 0.4) is 0 Å². The van der Waals surface area contributed by atoms with Crippen LogP contribution in [0.25, 0.3) is 5.52 Å². The Morgan fingerprint density at radius 3 is 2.90 bits per heavy atom. The molecule has 0 bridgehead atoms. The molecule has 4 heteroatoms. The predicted molar refractivity (Wildman–Crippen MR) is 87.3 cm³/mol. The molecule has 0 aliphatic carbocycles. The van der Waals surface area contributed by atoms with E-state index >= 15 is 0 Å². The van der Waals surface area contributed by atoms with Gasteiger partial charge in [0.25, 0.3) is 0 Å². The minimum absolute atomic E-state index is 0.760. The van der Waals surface area contributed by atoms with E-state index in [1.807, 2.05) is 54.0 Å². The fourth-order valence-corrected chi connectivity index (χ4v) is 3.28. The Balaban J connectivity index is 1.88. The van der Waals surface area contributed by atoms with Crippen LogP contribution in [0.15, 0.2) is 53.7 Å². The standard InChI is InChI=1S/C17H15N3S/c1-12-8-14(5-6-16(12)19)21-11-13-10-20-7-3-2-4-17(20)15(13)9-18/h2-8,10H,11,19H2,1H3. The fourth-order valence-electron chi connectivity index (χ4n) is 2.32. The van der Waals surface area contributed by atoms with Crippen LogP contribution in [-0.2, 0) is 5.75 Å². The van der Waals surface area contributed by atoms with Crippen molar-refractivity contribution in [2.75, 3.05) is 5.73 Å². The molecule has 0 saturated heterocycles.